The molecular weight excluding hydrogens is 316 g/mol. The van der Waals surface area contributed by atoms with Crippen molar-refractivity contribution in [3.63, 3.8) is 0 Å². The molecule has 2 unspecified atom stereocenters. The Bertz CT molecular complexity index is 649. The predicted octanol–water partition coefficient (Wildman–Crippen LogP) is 2.55. The van der Waals surface area contributed by atoms with Crippen LogP contribution in [0.15, 0.2) is 42.0 Å². The minimum Gasteiger partial charge on any atom is -0.342 e. The van der Waals surface area contributed by atoms with E-state index in [0.29, 0.717) is 0 Å². The van der Waals surface area contributed by atoms with E-state index < -0.39 is 5.12 Å². The number of anilines is 1. The van der Waals surface area contributed by atoms with Crippen LogP contribution in [-0.4, -0.2) is 21.8 Å². The number of amides is 1. The number of nitrogens with one attached hydrogen (secondary N) is 3. The summed E-state index contributed by atoms with van der Waals surface area (Å²) in [5.74, 6) is 0.743. The van der Waals surface area contributed by atoms with Crippen LogP contribution in [0.25, 0.3) is 0 Å². The number of rotatable bonds is 4. The minimum atomic E-state index is -0.730. The van der Waals surface area contributed by atoms with Gasteiger partial charge in [-0.2, -0.15) is 0 Å². The number of carbonyl (C=O) groups is 1. The number of para-hydroxylation sites is 1. The summed E-state index contributed by atoms with van der Waals surface area (Å²) in [5, 5.41) is 9.24. The summed E-state index contributed by atoms with van der Waals surface area (Å²) in [4.78, 5) is 17.0. The maximum absolute atomic E-state index is 11.7. The van der Waals surface area contributed by atoms with Crippen LogP contribution in [0.1, 0.15) is 18.7 Å². The molecule has 1 aliphatic rings. The topological polar surface area (TPSA) is 66.1 Å². The van der Waals surface area contributed by atoms with Crippen LogP contribution in [0.2, 0.25) is 0 Å². The normalized spacial score (nSPS) is 27.5. The number of nitrogens with zero attached hydrogens (tertiary/aromatic N) is 1. The van der Waals surface area contributed by atoms with Crippen LogP contribution in [-0.2, 0) is 10.3 Å². The van der Waals surface area contributed by atoms with Crippen molar-refractivity contribution in [2.24, 2.45) is 0 Å². The molecule has 1 aliphatic heterocycles. The quantitative estimate of drug-likeness (QED) is 0.750. The largest absolute Gasteiger partial charge is 0.342 e. The standard InChI is InChI=1S/C15H18N4OS2/c1-11(20)17-15(18-12-6-4-3-5-7-12)19-14(2,9-22-15)13-8-16-10-21-13/h3-8,10,18-19H,9H2,1-2H3,(H,17,20). The monoisotopic (exact) mass is 334 g/mol. The molecule has 0 aliphatic carbocycles. The summed E-state index contributed by atoms with van der Waals surface area (Å²) in [7, 11) is 0. The van der Waals surface area contributed by atoms with Crippen molar-refractivity contribution >= 4 is 34.7 Å². The van der Waals surface area contributed by atoms with E-state index >= 15 is 0 Å². The molecule has 3 rings (SSSR count). The van der Waals surface area contributed by atoms with E-state index in [1.54, 1.807) is 23.1 Å². The van der Waals surface area contributed by atoms with Gasteiger partial charge in [0.1, 0.15) is 0 Å². The molecular formula is C15H18N4OS2. The van der Waals surface area contributed by atoms with E-state index in [1.165, 1.54) is 6.92 Å². The van der Waals surface area contributed by atoms with Gasteiger partial charge in [-0.05, 0) is 19.1 Å². The first-order chi connectivity index (χ1) is 10.5. The second-order valence-electron chi connectivity index (χ2n) is 5.46. The molecule has 22 heavy (non-hydrogen) atoms. The van der Waals surface area contributed by atoms with Crippen molar-refractivity contribution in [3.8, 4) is 0 Å². The highest BCUT2D eigenvalue weighted by molar-refractivity contribution is 8.01. The summed E-state index contributed by atoms with van der Waals surface area (Å²) in [6, 6.07) is 9.85. The van der Waals surface area contributed by atoms with Crippen molar-refractivity contribution in [2.75, 3.05) is 11.1 Å². The Labute approximate surface area is 137 Å². The first-order valence-corrected chi connectivity index (χ1v) is 8.82. The van der Waals surface area contributed by atoms with Gasteiger partial charge in [-0.3, -0.25) is 15.1 Å². The Morgan fingerprint density at radius 2 is 2.14 bits per heavy atom. The molecule has 1 aromatic carbocycles. The molecule has 7 heteroatoms. The molecule has 1 amide bonds. The first-order valence-electron chi connectivity index (χ1n) is 6.96. The summed E-state index contributed by atoms with van der Waals surface area (Å²) >= 11 is 3.26. The molecule has 1 aromatic heterocycles. The van der Waals surface area contributed by atoms with Crippen molar-refractivity contribution in [1.29, 1.82) is 0 Å². The molecule has 1 fully saturated rings. The van der Waals surface area contributed by atoms with Gasteiger partial charge >= 0.3 is 0 Å². The smallest absolute Gasteiger partial charge is 0.220 e. The van der Waals surface area contributed by atoms with Crippen molar-refractivity contribution < 1.29 is 4.79 Å². The van der Waals surface area contributed by atoms with Gasteiger partial charge < -0.3 is 10.6 Å². The number of aromatic nitrogens is 1. The third-order valence-corrected chi connectivity index (χ3v) is 5.95. The van der Waals surface area contributed by atoms with Crippen LogP contribution >= 0.6 is 23.1 Å². The van der Waals surface area contributed by atoms with Gasteiger partial charge in [-0.25, -0.2) is 0 Å². The van der Waals surface area contributed by atoms with Gasteiger partial charge in [0.05, 0.1) is 11.0 Å². The molecule has 0 bridgehead atoms. The molecule has 0 spiro atoms. The van der Waals surface area contributed by atoms with Crippen LogP contribution in [0.5, 0.6) is 0 Å². The van der Waals surface area contributed by atoms with Crippen LogP contribution in [0, 0.1) is 0 Å². The highest BCUT2D eigenvalue weighted by Crippen LogP contribution is 2.41. The van der Waals surface area contributed by atoms with Crippen molar-refractivity contribution in [3.05, 3.63) is 46.9 Å². The number of thiazole rings is 1. The summed E-state index contributed by atoms with van der Waals surface area (Å²) in [6.07, 6.45) is 1.88. The zero-order valence-corrected chi connectivity index (χ0v) is 14.1. The summed E-state index contributed by atoms with van der Waals surface area (Å²) in [5.41, 5.74) is 2.54. The van der Waals surface area contributed by atoms with Crippen LogP contribution in [0.3, 0.4) is 0 Å². The Morgan fingerprint density at radius 1 is 1.36 bits per heavy atom. The van der Waals surface area contributed by atoms with Gasteiger partial charge in [0.2, 0.25) is 11.0 Å². The molecule has 2 atom stereocenters. The Balaban J connectivity index is 1.87. The number of hydrogen-bond donors (Lipinski definition) is 3. The second kappa shape index (κ2) is 5.91. The van der Waals surface area contributed by atoms with Crippen molar-refractivity contribution in [2.45, 2.75) is 24.5 Å². The second-order valence-corrected chi connectivity index (χ2v) is 7.54. The molecule has 1 saturated heterocycles. The Kier molecular flexibility index (Phi) is 4.12. The lowest BCUT2D eigenvalue weighted by Crippen LogP contribution is -2.61. The van der Waals surface area contributed by atoms with E-state index in [4.69, 9.17) is 0 Å². The SMILES string of the molecule is CC(=O)NC1(Nc2ccccc2)NC(C)(c2cncs2)CS1. The van der Waals surface area contributed by atoms with E-state index in [1.807, 2.05) is 42.0 Å². The molecule has 3 N–H and O–H groups in total. The fraction of sp³-hybridized carbons (Fsp3) is 0.333. The van der Waals surface area contributed by atoms with E-state index in [-0.39, 0.29) is 11.4 Å². The van der Waals surface area contributed by atoms with E-state index in [0.717, 1.165) is 16.3 Å². The summed E-state index contributed by atoms with van der Waals surface area (Å²) < 4.78 is 0. The predicted molar refractivity (Wildman–Crippen MR) is 91.7 cm³/mol. The maximum atomic E-state index is 11.7. The zero-order chi connectivity index (χ0) is 15.6. The van der Waals surface area contributed by atoms with Gasteiger partial charge in [-0.1, -0.05) is 30.0 Å². The molecule has 5 nitrogen and oxygen atoms in total. The third kappa shape index (κ3) is 3.11. The van der Waals surface area contributed by atoms with E-state index in [2.05, 4.69) is 27.9 Å². The number of thioether (sulfide) groups is 1. The number of carbonyl (C=O) groups excluding carboxylic acids is 1. The number of benzene rings is 1. The first kappa shape index (κ1) is 15.3. The molecule has 2 aromatic rings. The lowest BCUT2D eigenvalue weighted by molar-refractivity contribution is -0.120. The van der Waals surface area contributed by atoms with Crippen molar-refractivity contribution in [1.82, 2.24) is 15.6 Å². The van der Waals surface area contributed by atoms with Crippen LogP contribution in [0.4, 0.5) is 5.69 Å². The zero-order valence-electron chi connectivity index (χ0n) is 12.4. The Hall–Kier alpha value is -1.57. The Morgan fingerprint density at radius 3 is 2.77 bits per heavy atom. The lowest BCUT2D eigenvalue weighted by atomic mass is 10.0. The lowest BCUT2D eigenvalue weighted by Gasteiger charge is -2.34. The maximum Gasteiger partial charge on any atom is 0.220 e. The average Bonchev–Trinajstić information content (AvgIpc) is 3.09. The molecule has 2 heterocycles. The third-order valence-electron chi connectivity index (χ3n) is 3.45. The molecule has 0 saturated carbocycles. The van der Waals surface area contributed by atoms with Gasteiger partial charge in [0.25, 0.3) is 0 Å². The van der Waals surface area contributed by atoms with Gasteiger partial charge in [-0.15, -0.1) is 11.3 Å². The fourth-order valence-electron chi connectivity index (χ4n) is 2.47. The molecule has 116 valence electrons. The fourth-order valence-corrected chi connectivity index (χ4v) is 4.74. The van der Waals surface area contributed by atoms with Gasteiger partial charge in [0.15, 0.2) is 0 Å². The van der Waals surface area contributed by atoms with E-state index in [9.17, 15) is 4.79 Å². The minimum absolute atomic E-state index is 0.0861. The highest BCUT2D eigenvalue weighted by Gasteiger charge is 2.48. The summed E-state index contributed by atoms with van der Waals surface area (Å²) in [6.45, 7) is 3.66. The van der Waals surface area contributed by atoms with Crippen LogP contribution < -0.4 is 16.0 Å². The molecule has 0 radical (unpaired) electrons. The number of hydrogen-bond acceptors (Lipinski definition) is 6. The average molecular weight is 334 g/mol. The highest BCUT2D eigenvalue weighted by atomic mass is 32.2. The van der Waals surface area contributed by atoms with Gasteiger partial charge in [0, 0.05) is 29.4 Å².